The summed E-state index contributed by atoms with van der Waals surface area (Å²) in [5.41, 5.74) is 3.05. The molecule has 152 valence electrons. The second-order valence-corrected chi connectivity index (χ2v) is 9.47. The Labute approximate surface area is 171 Å². The molecule has 4 rings (SSSR count). The molecular weight excluding hydrogens is 386 g/mol. The molecule has 0 bridgehead atoms. The number of hydrogen-bond acceptors (Lipinski definition) is 3. The second-order valence-electron chi connectivity index (χ2n) is 7.53. The predicted molar refractivity (Wildman–Crippen MR) is 113 cm³/mol. The number of sulfonamides is 1. The molecule has 0 N–H and O–H groups in total. The molecule has 0 saturated carbocycles. The third-order valence-electron chi connectivity index (χ3n) is 5.69. The van der Waals surface area contributed by atoms with E-state index < -0.39 is 10.0 Å². The van der Waals surface area contributed by atoms with E-state index in [1.54, 1.807) is 17.0 Å². The van der Waals surface area contributed by atoms with Crippen LogP contribution in [0.4, 0.5) is 0 Å². The van der Waals surface area contributed by atoms with Crippen LogP contribution in [0.15, 0.2) is 59.6 Å². The average Bonchev–Trinajstić information content (AvgIpc) is 3.13. The van der Waals surface area contributed by atoms with Gasteiger partial charge in [-0.3, -0.25) is 4.79 Å². The molecule has 0 unspecified atom stereocenters. The Morgan fingerprint density at radius 3 is 2.38 bits per heavy atom. The summed E-state index contributed by atoms with van der Waals surface area (Å²) in [6, 6.07) is 15.2. The molecule has 29 heavy (non-hydrogen) atoms. The Balaban J connectivity index is 1.42. The highest BCUT2D eigenvalue weighted by molar-refractivity contribution is 7.89. The zero-order valence-corrected chi connectivity index (χ0v) is 17.5. The van der Waals surface area contributed by atoms with E-state index in [-0.39, 0.29) is 12.5 Å². The first-order valence-electron chi connectivity index (χ1n) is 9.75. The molecule has 0 radical (unpaired) electrons. The molecule has 1 amide bonds. The zero-order chi connectivity index (χ0) is 20.6. The summed E-state index contributed by atoms with van der Waals surface area (Å²) in [6.45, 7) is 5.57. The minimum Gasteiger partial charge on any atom is -0.339 e. The topological polar surface area (TPSA) is 62.6 Å². The van der Waals surface area contributed by atoms with Crippen LogP contribution in [0.1, 0.15) is 11.1 Å². The van der Waals surface area contributed by atoms with Crippen molar-refractivity contribution in [3.05, 3.63) is 65.9 Å². The smallest absolute Gasteiger partial charge is 0.243 e. The highest BCUT2D eigenvalue weighted by atomic mass is 32.2. The monoisotopic (exact) mass is 411 g/mol. The lowest BCUT2D eigenvalue weighted by atomic mass is 10.1. The van der Waals surface area contributed by atoms with Gasteiger partial charge in [0.15, 0.2) is 0 Å². The summed E-state index contributed by atoms with van der Waals surface area (Å²) < 4.78 is 29.3. The normalized spacial score (nSPS) is 15.7. The number of amides is 1. The number of aromatic nitrogens is 1. The van der Waals surface area contributed by atoms with Crippen LogP contribution in [0.2, 0.25) is 0 Å². The van der Waals surface area contributed by atoms with E-state index in [9.17, 15) is 13.2 Å². The van der Waals surface area contributed by atoms with Crippen LogP contribution >= 0.6 is 0 Å². The van der Waals surface area contributed by atoms with Crippen molar-refractivity contribution in [1.29, 1.82) is 0 Å². The third-order valence-corrected chi connectivity index (χ3v) is 7.59. The molecule has 1 saturated heterocycles. The quantitative estimate of drug-likeness (QED) is 0.663. The van der Waals surface area contributed by atoms with Gasteiger partial charge in [-0.15, -0.1) is 0 Å². The summed E-state index contributed by atoms with van der Waals surface area (Å²) in [7, 11) is -3.54. The largest absolute Gasteiger partial charge is 0.339 e. The number of carbonyl (C=O) groups is 1. The van der Waals surface area contributed by atoms with Crippen LogP contribution in [0, 0.1) is 13.8 Å². The summed E-state index contributed by atoms with van der Waals surface area (Å²) in [6.07, 6.45) is 1.92. The van der Waals surface area contributed by atoms with E-state index >= 15 is 0 Å². The van der Waals surface area contributed by atoms with Crippen molar-refractivity contribution in [1.82, 2.24) is 13.8 Å². The standard InChI is InChI=1S/C22H25N3O3S/c1-17-7-8-20(15-18(17)2)29(27,28)25-13-11-23(12-14-25)22(26)16-24-10-9-19-5-3-4-6-21(19)24/h3-10,15H,11-14,16H2,1-2H3. The maximum absolute atomic E-state index is 12.9. The first-order valence-corrected chi connectivity index (χ1v) is 11.2. The SMILES string of the molecule is Cc1ccc(S(=O)(=O)N2CCN(C(=O)Cn3ccc4ccccc43)CC2)cc1C. The van der Waals surface area contributed by atoms with E-state index in [0.29, 0.717) is 31.1 Å². The summed E-state index contributed by atoms with van der Waals surface area (Å²) in [5.74, 6) is 0.00887. The average molecular weight is 412 g/mol. The van der Waals surface area contributed by atoms with E-state index in [1.807, 2.05) is 61.0 Å². The highest BCUT2D eigenvalue weighted by Crippen LogP contribution is 2.21. The molecule has 0 spiro atoms. The lowest BCUT2D eigenvalue weighted by Gasteiger charge is -2.34. The molecule has 1 aliphatic rings. The zero-order valence-electron chi connectivity index (χ0n) is 16.7. The molecule has 1 aliphatic heterocycles. The molecule has 1 fully saturated rings. The first kappa shape index (κ1) is 19.7. The molecule has 3 aromatic rings. The molecular formula is C22H25N3O3S. The van der Waals surface area contributed by atoms with Gasteiger partial charge in [0.25, 0.3) is 0 Å². The molecule has 2 heterocycles. The molecule has 0 aliphatic carbocycles. The predicted octanol–water partition coefficient (Wildman–Crippen LogP) is 2.79. The van der Waals surface area contributed by atoms with E-state index in [4.69, 9.17) is 0 Å². The Morgan fingerprint density at radius 1 is 0.931 bits per heavy atom. The first-order chi connectivity index (χ1) is 13.9. The van der Waals surface area contributed by atoms with Crippen LogP contribution < -0.4 is 0 Å². The maximum Gasteiger partial charge on any atom is 0.243 e. The van der Waals surface area contributed by atoms with Crippen LogP contribution in [-0.2, 0) is 21.4 Å². The van der Waals surface area contributed by atoms with Gasteiger partial charge in [0, 0.05) is 37.9 Å². The van der Waals surface area contributed by atoms with Gasteiger partial charge in [-0.05, 0) is 54.6 Å². The molecule has 0 atom stereocenters. The van der Waals surface area contributed by atoms with Gasteiger partial charge in [0.1, 0.15) is 6.54 Å². The number of para-hydroxylation sites is 1. The van der Waals surface area contributed by atoms with Crippen LogP contribution in [0.5, 0.6) is 0 Å². The van der Waals surface area contributed by atoms with E-state index in [1.165, 1.54) is 4.31 Å². The van der Waals surface area contributed by atoms with E-state index in [0.717, 1.165) is 22.0 Å². The summed E-state index contributed by atoms with van der Waals surface area (Å²) in [5, 5.41) is 1.10. The van der Waals surface area contributed by atoms with Crippen molar-refractivity contribution in [3.8, 4) is 0 Å². The van der Waals surface area contributed by atoms with Gasteiger partial charge >= 0.3 is 0 Å². The number of aryl methyl sites for hydroxylation is 2. The van der Waals surface area contributed by atoms with Gasteiger partial charge in [-0.25, -0.2) is 8.42 Å². The molecule has 1 aromatic heterocycles. The van der Waals surface area contributed by atoms with Gasteiger partial charge in [0.2, 0.25) is 15.9 Å². The number of rotatable bonds is 4. The van der Waals surface area contributed by atoms with Crippen molar-refractivity contribution < 1.29 is 13.2 Å². The van der Waals surface area contributed by atoms with Gasteiger partial charge in [-0.1, -0.05) is 24.3 Å². The van der Waals surface area contributed by atoms with Crippen LogP contribution in [0.25, 0.3) is 10.9 Å². The summed E-state index contributed by atoms with van der Waals surface area (Å²) in [4.78, 5) is 14.8. The minimum atomic E-state index is -3.54. The lowest BCUT2D eigenvalue weighted by Crippen LogP contribution is -2.51. The van der Waals surface area contributed by atoms with Crippen molar-refractivity contribution in [3.63, 3.8) is 0 Å². The number of fused-ring (bicyclic) bond motifs is 1. The number of benzene rings is 2. The molecule has 6 nitrogen and oxygen atoms in total. The number of nitrogens with zero attached hydrogens (tertiary/aromatic N) is 3. The Bertz CT molecular complexity index is 1160. The molecule has 7 heteroatoms. The van der Waals surface area contributed by atoms with Crippen LogP contribution in [-0.4, -0.2) is 54.3 Å². The maximum atomic E-state index is 12.9. The van der Waals surface area contributed by atoms with Crippen molar-refractivity contribution in [2.45, 2.75) is 25.3 Å². The fourth-order valence-corrected chi connectivity index (χ4v) is 5.23. The summed E-state index contributed by atoms with van der Waals surface area (Å²) >= 11 is 0. The fourth-order valence-electron chi connectivity index (χ4n) is 3.73. The Hall–Kier alpha value is -2.64. The van der Waals surface area contributed by atoms with Crippen molar-refractivity contribution in [2.75, 3.05) is 26.2 Å². The fraction of sp³-hybridized carbons (Fsp3) is 0.318. The van der Waals surface area contributed by atoms with Crippen molar-refractivity contribution >= 4 is 26.8 Å². The number of carbonyl (C=O) groups excluding carboxylic acids is 1. The minimum absolute atomic E-state index is 0.00887. The highest BCUT2D eigenvalue weighted by Gasteiger charge is 2.30. The van der Waals surface area contributed by atoms with Gasteiger partial charge in [0.05, 0.1) is 4.90 Å². The number of hydrogen-bond donors (Lipinski definition) is 0. The van der Waals surface area contributed by atoms with Crippen LogP contribution in [0.3, 0.4) is 0 Å². The Kier molecular flexibility index (Phi) is 5.19. The second kappa shape index (κ2) is 7.65. The molecule has 2 aromatic carbocycles. The van der Waals surface area contributed by atoms with E-state index in [2.05, 4.69) is 0 Å². The third kappa shape index (κ3) is 3.80. The Morgan fingerprint density at radius 2 is 1.66 bits per heavy atom. The van der Waals surface area contributed by atoms with Gasteiger partial charge < -0.3 is 9.47 Å². The van der Waals surface area contributed by atoms with Crippen molar-refractivity contribution in [2.24, 2.45) is 0 Å². The number of piperazine rings is 1. The van der Waals surface area contributed by atoms with Gasteiger partial charge in [-0.2, -0.15) is 4.31 Å². The lowest BCUT2D eigenvalue weighted by molar-refractivity contribution is -0.132.